The minimum Gasteiger partial charge on any atom is -0.493 e. The molecule has 2 atom stereocenters. The number of hydrogen-bond acceptors (Lipinski definition) is 3. The van der Waals surface area contributed by atoms with Crippen molar-refractivity contribution in [3.8, 4) is 17.3 Å². The number of aryl methyl sites for hydroxylation is 2. The van der Waals surface area contributed by atoms with E-state index >= 15 is 0 Å². The monoisotopic (exact) mass is 380 g/mol. The molecule has 0 fully saturated rings. The SMILES string of the molecule is Cc1ccc2c(c1)[C@@]1(C)c3c(C)nn(-c4ccccc4Cl)c3OC[C@H]1CO2. The highest BCUT2D eigenvalue weighted by Crippen LogP contribution is 2.53. The maximum Gasteiger partial charge on any atom is 0.221 e. The van der Waals surface area contributed by atoms with E-state index in [-0.39, 0.29) is 11.3 Å². The average molecular weight is 381 g/mol. The summed E-state index contributed by atoms with van der Waals surface area (Å²) in [5.41, 5.74) is 5.16. The van der Waals surface area contributed by atoms with E-state index in [0.717, 1.165) is 28.6 Å². The molecule has 2 aliphatic heterocycles. The average Bonchev–Trinajstić information content (AvgIpc) is 3.00. The molecule has 0 saturated heterocycles. The number of hydrogen-bond donors (Lipinski definition) is 0. The number of nitrogens with zero attached hydrogens (tertiary/aromatic N) is 2. The molecule has 2 aromatic carbocycles. The third kappa shape index (κ3) is 2.26. The molecule has 1 aromatic heterocycles. The topological polar surface area (TPSA) is 36.3 Å². The summed E-state index contributed by atoms with van der Waals surface area (Å²) in [6.45, 7) is 7.70. The first-order valence-corrected chi connectivity index (χ1v) is 9.59. The lowest BCUT2D eigenvalue weighted by molar-refractivity contribution is 0.0826. The lowest BCUT2D eigenvalue weighted by atomic mass is 9.65. The Morgan fingerprint density at radius 2 is 1.89 bits per heavy atom. The van der Waals surface area contributed by atoms with E-state index in [2.05, 4.69) is 32.0 Å². The molecule has 0 radical (unpaired) electrons. The van der Waals surface area contributed by atoms with Crippen molar-refractivity contribution in [3.63, 3.8) is 0 Å². The summed E-state index contributed by atoms with van der Waals surface area (Å²) in [7, 11) is 0. The van der Waals surface area contributed by atoms with Crippen LogP contribution in [-0.2, 0) is 5.41 Å². The van der Waals surface area contributed by atoms with Gasteiger partial charge in [0.1, 0.15) is 5.75 Å². The first kappa shape index (κ1) is 16.7. The fourth-order valence-corrected chi connectivity index (χ4v) is 4.73. The summed E-state index contributed by atoms with van der Waals surface area (Å²) in [5.74, 6) is 1.98. The maximum atomic E-state index is 6.45. The molecule has 0 unspecified atom stereocenters. The van der Waals surface area contributed by atoms with Crippen molar-refractivity contribution >= 4 is 11.6 Å². The van der Waals surface area contributed by atoms with Gasteiger partial charge >= 0.3 is 0 Å². The molecule has 5 heteroatoms. The van der Waals surface area contributed by atoms with Crippen LogP contribution in [0.2, 0.25) is 5.02 Å². The second-order valence-electron chi connectivity index (χ2n) is 7.65. The number of rotatable bonds is 1. The van der Waals surface area contributed by atoms with Gasteiger partial charge in [0.15, 0.2) is 0 Å². The molecule has 0 spiro atoms. The maximum absolute atomic E-state index is 6.45. The Labute approximate surface area is 163 Å². The molecular formula is C22H21ClN2O2. The van der Waals surface area contributed by atoms with Crippen LogP contribution < -0.4 is 9.47 Å². The lowest BCUT2D eigenvalue weighted by Crippen LogP contribution is -2.47. The van der Waals surface area contributed by atoms with Gasteiger partial charge in [0, 0.05) is 22.5 Å². The van der Waals surface area contributed by atoms with Gasteiger partial charge in [-0.05, 0) is 32.0 Å². The van der Waals surface area contributed by atoms with Crippen LogP contribution in [0.4, 0.5) is 0 Å². The Morgan fingerprint density at radius 1 is 1.11 bits per heavy atom. The highest BCUT2D eigenvalue weighted by atomic mass is 35.5. The molecule has 3 heterocycles. The Hall–Kier alpha value is -2.46. The Kier molecular flexibility index (Phi) is 3.57. The van der Waals surface area contributed by atoms with Gasteiger partial charge in [-0.1, -0.05) is 48.4 Å². The van der Waals surface area contributed by atoms with Gasteiger partial charge in [-0.25, -0.2) is 0 Å². The zero-order valence-corrected chi connectivity index (χ0v) is 16.4. The molecule has 0 N–H and O–H groups in total. The quantitative estimate of drug-likeness (QED) is 0.605. The van der Waals surface area contributed by atoms with E-state index in [9.17, 15) is 0 Å². The van der Waals surface area contributed by atoms with Crippen molar-refractivity contribution in [1.82, 2.24) is 9.78 Å². The van der Waals surface area contributed by atoms with Gasteiger partial charge in [0.2, 0.25) is 5.88 Å². The molecule has 0 saturated carbocycles. The Bertz CT molecular complexity index is 1060. The summed E-state index contributed by atoms with van der Waals surface area (Å²) >= 11 is 6.45. The zero-order chi connectivity index (χ0) is 18.8. The minimum absolute atomic E-state index is 0.212. The normalized spacial score (nSPS) is 22.9. The largest absolute Gasteiger partial charge is 0.493 e. The highest BCUT2D eigenvalue weighted by molar-refractivity contribution is 6.32. The second kappa shape index (κ2) is 5.77. The van der Waals surface area contributed by atoms with Crippen molar-refractivity contribution in [2.24, 2.45) is 5.92 Å². The Balaban J connectivity index is 1.78. The van der Waals surface area contributed by atoms with E-state index in [4.69, 9.17) is 26.2 Å². The van der Waals surface area contributed by atoms with Crippen LogP contribution in [0.3, 0.4) is 0 Å². The fourth-order valence-electron chi connectivity index (χ4n) is 4.51. The van der Waals surface area contributed by atoms with Crippen LogP contribution in [0, 0.1) is 19.8 Å². The molecule has 3 aromatic rings. The summed E-state index contributed by atoms with van der Waals surface area (Å²) in [6, 6.07) is 14.1. The summed E-state index contributed by atoms with van der Waals surface area (Å²) in [5, 5.41) is 5.48. The number of aromatic nitrogens is 2. The van der Waals surface area contributed by atoms with Crippen molar-refractivity contribution in [2.45, 2.75) is 26.2 Å². The van der Waals surface area contributed by atoms with Crippen molar-refractivity contribution < 1.29 is 9.47 Å². The second-order valence-corrected chi connectivity index (χ2v) is 8.06. The molecule has 138 valence electrons. The molecular weight excluding hydrogens is 360 g/mol. The van der Waals surface area contributed by atoms with E-state index < -0.39 is 0 Å². The smallest absolute Gasteiger partial charge is 0.221 e. The molecule has 0 amide bonds. The predicted octanol–water partition coefficient (Wildman–Crippen LogP) is 4.85. The van der Waals surface area contributed by atoms with E-state index in [1.54, 1.807) is 0 Å². The lowest BCUT2D eigenvalue weighted by Gasteiger charge is -2.45. The minimum atomic E-state index is -0.212. The Morgan fingerprint density at radius 3 is 2.70 bits per heavy atom. The first-order chi connectivity index (χ1) is 13.0. The number of halogens is 1. The summed E-state index contributed by atoms with van der Waals surface area (Å²) in [4.78, 5) is 0. The van der Waals surface area contributed by atoms with Crippen LogP contribution in [0.5, 0.6) is 11.6 Å². The standard InChI is InChI=1S/C22H21ClN2O2/c1-13-8-9-19-16(10-13)22(3)15(11-26-19)12-27-21-20(22)14(2)24-25(21)18-7-5-4-6-17(18)23/h4-10,15H,11-12H2,1-3H3/t15-,22+/m1/s1. The molecule has 4 nitrogen and oxygen atoms in total. The summed E-state index contributed by atoms with van der Waals surface area (Å²) < 4.78 is 14.1. The van der Waals surface area contributed by atoms with Gasteiger partial charge in [-0.15, -0.1) is 0 Å². The van der Waals surface area contributed by atoms with Crippen LogP contribution in [-0.4, -0.2) is 23.0 Å². The fraction of sp³-hybridized carbons (Fsp3) is 0.318. The third-order valence-electron chi connectivity index (χ3n) is 5.99. The van der Waals surface area contributed by atoms with Crippen molar-refractivity contribution in [1.29, 1.82) is 0 Å². The first-order valence-electron chi connectivity index (χ1n) is 9.22. The molecule has 0 bridgehead atoms. The van der Waals surface area contributed by atoms with E-state index in [0.29, 0.717) is 18.2 Å². The number of ether oxygens (including phenoxy) is 2. The zero-order valence-electron chi connectivity index (χ0n) is 15.6. The third-order valence-corrected chi connectivity index (χ3v) is 6.31. The van der Waals surface area contributed by atoms with E-state index in [1.165, 1.54) is 11.1 Å². The van der Waals surface area contributed by atoms with Crippen LogP contribution in [0.1, 0.15) is 29.3 Å². The van der Waals surface area contributed by atoms with Crippen molar-refractivity contribution in [3.05, 3.63) is 69.9 Å². The number of para-hydroxylation sites is 1. The van der Waals surface area contributed by atoms with E-state index in [1.807, 2.05) is 35.9 Å². The predicted molar refractivity (Wildman–Crippen MR) is 105 cm³/mol. The van der Waals surface area contributed by atoms with Gasteiger partial charge < -0.3 is 9.47 Å². The molecule has 5 rings (SSSR count). The highest BCUT2D eigenvalue weighted by Gasteiger charge is 2.50. The molecule has 27 heavy (non-hydrogen) atoms. The number of benzene rings is 2. The van der Waals surface area contributed by atoms with Crippen molar-refractivity contribution in [2.75, 3.05) is 13.2 Å². The van der Waals surface area contributed by atoms with Gasteiger partial charge in [-0.2, -0.15) is 9.78 Å². The molecule has 0 aliphatic carbocycles. The number of fused-ring (bicyclic) bond motifs is 5. The van der Waals surface area contributed by atoms with Gasteiger partial charge in [0.25, 0.3) is 0 Å². The van der Waals surface area contributed by atoms with Crippen LogP contribution in [0.25, 0.3) is 5.69 Å². The van der Waals surface area contributed by atoms with Crippen LogP contribution in [0.15, 0.2) is 42.5 Å². The van der Waals surface area contributed by atoms with Gasteiger partial charge in [0.05, 0.1) is 29.6 Å². The van der Waals surface area contributed by atoms with Gasteiger partial charge in [-0.3, -0.25) is 0 Å². The molecule has 2 aliphatic rings. The van der Waals surface area contributed by atoms with Crippen LogP contribution >= 0.6 is 11.6 Å². The summed E-state index contributed by atoms with van der Waals surface area (Å²) in [6.07, 6.45) is 0.